The predicted molar refractivity (Wildman–Crippen MR) is 126 cm³/mol. The second-order valence-corrected chi connectivity index (χ2v) is 10.4. The first-order valence-corrected chi connectivity index (χ1v) is 12.8. The third kappa shape index (κ3) is 4.97. The van der Waals surface area contributed by atoms with Crippen molar-refractivity contribution in [2.45, 2.75) is 17.7 Å². The number of ether oxygens (including phenoxy) is 2. The molecule has 0 aliphatic carbocycles. The molecule has 2 aliphatic heterocycles. The van der Waals surface area contributed by atoms with Crippen LogP contribution in [0.4, 0.5) is 10.1 Å². The summed E-state index contributed by atoms with van der Waals surface area (Å²) in [5.74, 6) is 0.451. The number of carbonyl (C=O) groups excluding carboxylic acids is 1. The third-order valence-electron chi connectivity index (χ3n) is 6.58. The van der Waals surface area contributed by atoms with Crippen molar-refractivity contribution in [3.8, 4) is 11.5 Å². The fourth-order valence-corrected chi connectivity index (χ4v) is 6.05. The molecule has 2 fully saturated rings. The molecule has 0 atom stereocenters. The van der Waals surface area contributed by atoms with Crippen molar-refractivity contribution in [3.05, 3.63) is 48.3 Å². The Morgan fingerprint density at radius 2 is 1.50 bits per heavy atom. The molecule has 0 N–H and O–H groups in total. The standard InChI is InChI=1S/C24H30FN3O5S/c1-32-22-8-7-21(17-23(22)33-2)34(30,31)28-11-9-18(10-12-28)24(29)27-15-13-26(14-16-27)20-5-3-19(25)4-6-20/h3-8,17-18H,9-16H2,1-2H3. The molecule has 0 spiro atoms. The van der Waals surface area contributed by atoms with Crippen LogP contribution in [0.3, 0.4) is 0 Å². The van der Waals surface area contributed by atoms with Gasteiger partial charge in [-0.05, 0) is 49.2 Å². The Morgan fingerprint density at radius 3 is 2.09 bits per heavy atom. The van der Waals surface area contributed by atoms with E-state index in [1.165, 1.54) is 42.8 Å². The average Bonchev–Trinajstić information content (AvgIpc) is 2.88. The molecule has 0 radical (unpaired) electrons. The van der Waals surface area contributed by atoms with E-state index < -0.39 is 10.0 Å². The molecule has 0 unspecified atom stereocenters. The maximum atomic E-state index is 13.2. The third-order valence-corrected chi connectivity index (χ3v) is 8.47. The number of hydrogen-bond acceptors (Lipinski definition) is 6. The molecule has 34 heavy (non-hydrogen) atoms. The van der Waals surface area contributed by atoms with Gasteiger partial charge in [0.15, 0.2) is 11.5 Å². The molecule has 2 aromatic rings. The van der Waals surface area contributed by atoms with Crippen molar-refractivity contribution in [2.24, 2.45) is 5.92 Å². The highest BCUT2D eigenvalue weighted by atomic mass is 32.2. The molecule has 2 heterocycles. The summed E-state index contributed by atoms with van der Waals surface area (Å²) in [4.78, 5) is 17.2. The van der Waals surface area contributed by atoms with E-state index in [2.05, 4.69) is 4.90 Å². The van der Waals surface area contributed by atoms with E-state index in [0.29, 0.717) is 63.6 Å². The number of sulfonamides is 1. The second-order valence-electron chi connectivity index (χ2n) is 8.48. The van der Waals surface area contributed by atoms with E-state index in [4.69, 9.17) is 9.47 Å². The molecule has 4 rings (SSSR count). The Hall–Kier alpha value is -2.85. The van der Waals surface area contributed by atoms with Crippen LogP contribution in [0.25, 0.3) is 0 Å². The molecular formula is C24H30FN3O5S. The SMILES string of the molecule is COc1ccc(S(=O)(=O)N2CCC(C(=O)N3CCN(c4ccc(F)cc4)CC3)CC2)cc1OC. The molecule has 2 aliphatic rings. The monoisotopic (exact) mass is 491 g/mol. The van der Waals surface area contributed by atoms with E-state index in [9.17, 15) is 17.6 Å². The van der Waals surface area contributed by atoms with Crippen LogP contribution in [-0.4, -0.2) is 77.0 Å². The highest BCUT2D eigenvalue weighted by Crippen LogP contribution is 2.32. The van der Waals surface area contributed by atoms with E-state index in [1.54, 1.807) is 18.2 Å². The van der Waals surface area contributed by atoms with E-state index in [0.717, 1.165) is 5.69 Å². The first-order valence-electron chi connectivity index (χ1n) is 11.3. The molecule has 0 aromatic heterocycles. The lowest BCUT2D eigenvalue weighted by molar-refractivity contribution is -0.137. The Labute approximate surface area is 199 Å². The predicted octanol–water partition coefficient (Wildman–Crippen LogP) is 2.59. The minimum atomic E-state index is -3.70. The van der Waals surface area contributed by atoms with Crippen LogP contribution in [0.5, 0.6) is 11.5 Å². The van der Waals surface area contributed by atoms with Crippen molar-refractivity contribution in [3.63, 3.8) is 0 Å². The zero-order valence-corrected chi connectivity index (χ0v) is 20.3. The van der Waals surface area contributed by atoms with Gasteiger partial charge >= 0.3 is 0 Å². The maximum absolute atomic E-state index is 13.2. The van der Waals surface area contributed by atoms with Crippen LogP contribution in [0.2, 0.25) is 0 Å². The van der Waals surface area contributed by atoms with Gasteiger partial charge in [0, 0.05) is 56.9 Å². The first kappa shape index (κ1) is 24.3. The molecular weight excluding hydrogens is 461 g/mol. The number of amides is 1. The Morgan fingerprint density at radius 1 is 0.882 bits per heavy atom. The minimum Gasteiger partial charge on any atom is -0.493 e. The number of carbonyl (C=O) groups is 1. The quantitative estimate of drug-likeness (QED) is 0.618. The molecule has 184 valence electrons. The van der Waals surface area contributed by atoms with Gasteiger partial charge in [-0.15, -0.1) is 0 Å². The molecule has 2 saturated heterocycles. The van der Waals surface area contributed by atoms with Crippen LogP contribution in [0.15, 0.2) is 47.4 Å². The Balaban J connectivity index is 1.33. The average molecular weight is 492 g/mol. The van der Waals surface area contributed by atoms with Crippen molar-refractivity contribution in [1.82, 2.24) is 9.21 Å². The van der Waals surface area contributed by atoms with Crippen molar-refractivity contribution < 1.29 is 27.1 Å². The topological polar surface area (TPSA) is 79.4 Å². The van der Waals surface area contributed by atoms with Gasteiger partial charge in [-0.25, -0.2) is 12.8 Å². The van der Waals surface area contributed by atoms with Crippen LogP contribution in [0.1, 0.15) is 12.8 Å². The summed E-state index contributed by atoms with van der Waals surface area (Å²) in [5.41, 5.74) is 0.946. The lowest BCUT2D eigenvalue weighted by atomic mass is 9.96. The second kappa shape index (κ2) is 10.2. The zero-order chi connectivity index (χ0) is 24.3. The van der Waals surface area contributed by atoms with Gasteiger partial charge in [-0.2, -0.15) is 4.31 Å². The highest BCUT2D eigenvalue weighted by Gasteiger charge is 2.35. The summed E-state index contributed by atoms with van der Waals surface area (Å²) >= 11 is 0. The fourth-order valence-electron chi connectivity index (χ4n) is 4.56. The Kier molecular flexibility index (Phi) is 7.27. The summed E-state index contributed by atoms with van der Waals surface area (Å²) in [6.45, 7) is 3.15. The first-order chi connectivity index (χ1) is 16.3. The number of anilines is 1. The molecule has 0 bridgehead atoms. The van der Waals surface area contributed by atoms with Gasteiger partial charge in [-0.3, -0.25) is 4.79 Å². The zero-order valence-electron chi connectivity index (χ0n) is 19.4. The maximum Gasteiger partial charge on any atom is 0.243 e. The number of benzene rings is 2. The van der Waals surface area contributed by atoms with E-state index in [-0.39, 0.29) is 22.5 Å². The number of rotatable bonds is 6. The fraction of sp³-hybridized carbons (Fsp3) is 0.458. The van der Waals surface area contributed by atoms with Crippen LogP contribution < -0.4 is 14.4 Å². The molecule has 0 saturated carbocycles. The minimum absolute atomic E-state index is 0.0851. The number of piperidine rings is 1. The van der Waals surface area contributed by atoms with Gasteiger partial charge in [-0.1, -0.05) is 0 Å². The van der Waals surface area contributed by atoms with Gasteiger partial charge in [0.1, 0.15) is 5.82 Å². The summed E-state index contributed by atoms with van der Waals surface area (Å²) in [5, 5.41) is 0. The summed E-state index contributed by atoms with van der Waals surface area (Å²) < 4.78 is 51.3. The van der Waals surface area contributed by atoms with Crippen LogP contribution in [0, 0.1) is 11.7 Å². The van der Waals surface area contributed by atoms with Crippen molar-refractivity contribution in [1.29, 1.82) is 0 Å². The van der Waals surface area contributed by atoms with Crippen molar-refractivity contribution in [2.75, 3.05) is 58.4 Å². The van der Waals surface area contributed by atoms with Gasteiger partial charge in [0.25, 0.3) is 0 Å². The summed E-state index contributed by atoms with van der Waals surface area (Å²) in [6, 6.07) is 10.9. The normalized spacial score (nSPS) is 18.1. The van der Waals surface area contributed by atoms with Gasteiger partial charge < -0.3 is 19.3 Å². The molecule has 8 nitrogen and oxygen atoms in total. The summed E-state index contributed by atoms with van der Waals surface area (Å²) in [7, 11) is -0.735. The number of halogens is 1. The Bertz CT molecular complexity index is 1110. The summed E-state index contributed by atoms with van der Waals surface area (Å²) in [6.07, 6.45) is 0.979. The molecule has 2 aromatic carbocycles. The smallest absolute Gasteiger partial charge is 0.243 e. The molecule has 1 amide bonds. The lowest BCUT2D eigenvalue weighted by Crippen LogP contribution is -2.52. The highest BCUT2D eigenvalue weighted by molar-refractivity contribution is 7.89. The van der Waals surface area contributed by atoms with E-state index >= 15 is 0 Å². The van der Waals surface area contributed by atoms with Crippen LogP contribution in [-0.2, 0) is 14.8 Å². The number of nitrogens with zero attached hydrogens (tertiary/aromatic N) is 3. The number of hydrogen-bond donors (Lipinski definition) is 0. The number of piperazine rings is 1. The van der Waals surface area contributed by atoms with Crippen molar-refractivity contribution >= 4 is 21.6 Å². The number of methoxy groups -OCH3 is 2. The lowest BCUT2D eigenvalue weighted by Gasteiger charge is -2.39. The molecule has 10 heteroatoms. The van der Waals surface area contributed by atoms with Gasteiger partial charge in [0.05, 0.1) is 19.1 Å². The van der Waals surface area contributed by atoms with E-state index in [1.807, 2.05) is 4.90 Å². The largest absolute Gasteiger partial charge is 0.493 e. The van der Waals surface area contributed by atoms with Crippen LogP contribution >= 0.6 is 0 Å². The van der Waals surface area contributed by atoms with Gasteiger partial charge in [0.2, 0.25) is 15.9 Å².